The number of aliphatic carboxylic acids is 1. The predicted octanol–water partition coefficient (Wildman–Crippen LogP) is 5.32. The molecule has 0 heterocycles. The maximum Gasteiger partial charge on any atom is 0.328 e. The highest BCUT2D eigenvalue weighted by Gasteiger charge is 2.11. The lowest BCUT2D eigenvalue weighted by atomic mass is 10.2. The van der Waals surface area contributed by atoms with Crippen molar-refractivity contribution >= 4 is 46.8 Å². The van der Waals surface area contributed by atoms with E-state index in [1.807, 2.05) is 0 Å². The highest BCUT2D eigenvalue weighted by Crippen LogP contribution is 2.32. The van der Waals surface area contributed by atoms with Crippen LogP contribution >= 0.6 is 34.8 Å². The molecule has 2 rings (SSSR count). The summed E-state index contributed by atoms with van der Waals surface area (Å²) in [6, 6.07) is 10.3. The van der Waals surface area contributed by atoms with E-state index in [9.17, 15) is 4.79 Å². The van der Waals surface area contributed by atoms with Crippen LogP contribution in [0.3, 0.4) is 0 Å². The lowest BCUT2D eigenvalue weighted by molar-refractivity contribution is -0.131. The fourth-order valence-electron chi connectivity index (χ4n) is 1.76. The van der Waals surface area contributed by atoms with Gasteiger partial charge in [-0.1, -0.05) is 53.0 Å². The molecule has 0 aliphatic heterocycles. The summed E-state index contributed by atoms with van der Waals surface area (Å²) in [4.78, 5) is 10.6. The Morgan fingerprint density at radius 1 is 1.09 bits per heavy atom. The molecule has 114 valence electrons. The third-order valence-corrected chi connectivity index (χ3v) is 4.03. The number of carboxylic acid groups (broad SMARTS) is 1. The first-order valence-electron chi connectivity index (χ1n) is 6.24. The van der Waals surface area contributed by atoms with E-state index in [1.54, 1.807) is 36.4 Å². The summed E-state index contributed by atoms with van der Waals surface area (Å²) in [7, 11) is 0. The van der Waals surface area contributed by atoms with Gasteiger partial charge in [0.15, 0.2) is 0 Å². The van der Waals surface area contributed by atoms with Crippen molar-refractivity contribution in [2.75, 3.05) is 0 Å². The number of hydrogen-bond acceptors (Lipinski definition) is 2. The van der Waals surface area contributed by atoms with E-state index in [-0.39, 0.29) is 6.61 Å². The second-order valence-electron chi connectivity index (χ2n) is 4.32. The Kier molecular flexibility index (Phi) is 5.72. The number of carboxylic acids is 1. The Morgan fingerprint density at radius 3 is 2.50 bits per heavy atom. The topological polar surface area (TPSA) is 46.5 Å². The molecular formula is C16H11Cl3O3. The van der Waals surface area contributed by atoms with Crippen molar-refractivity contribution in [2.24, 2.45) is 0 Å². The summed E-state index contributed by atoms with van der Waals surface area (Å²) in [5.74, 6) is -0.511. The van der Waals surface area contributed by atoms with E-state index in [2.05, 4.69) is 0 Å². The van der Waals surface area contributed by atoms with Gasteiger partial charge >= 0.3 is 5.97 Å². The Hall–Kier alpha value is -1.68. The molecule has 0 amide bonds. The quantitative estimate of drug-likeness (QED) is 0.581. The van der Waals surface area contributed by atoms with Crippen LogP contribution in [0.5, 0.6) is 5.75 Å². The van der Waals surface area contributed by atoms with Crippen molar-refractivity contribution in [3.05, 3.63) is 68.7 Å². The minimum atomic E-state index is -1.03. The molecule has 0 saturated heterocycles. The first kappa shape index (κ1) is 16.7. The monoisotopic (exact) mass is 356 g/mol. The Bertz CT molecular complexity index is 727. The third kappa shape index (κ3) is 4.17. The van der Waals surface area contributed by atoms with Crippen LogP contribution < -0.4 is 4.74 Å². The van der Waals surface area contributed by atoms with Gasteiger partial charge in [0.1, 0.15) is 12.4 Å². The van der Waals surface area contributed by atoms with Gasteiger partial charge in [-0.3, -0.25) is 0 Å². The summed E-state index contributed by atoms with van der Waals surface area (Å²) in [5.41, 5.74) is 1.21. The Morgan fingerprint density at radius 2 is 1.77 bits per heavy atom. The molecule has 0 saturated carbocycles. The molecule has 2 aromatic carbocycles. The van der Waals surface area contributed by atoms with E-state index < -0.39 is 5.97 Å². The zero-order valence-corrected chi connectivity index (χ0v) is 13.5. The number of benzene rings is 2. The van der Waals surface area contributed by atoms with Crippen molar-refractivity contribution in [1.29, 1.82) is 0 Å². The number of ether oxygens (including phenoxy) is 1. The summed E-state index contributed by atoms with van der Waals surface area (Å²) in [6.07, 6.45) is 2.50. The van der Waals surface area contributed by atoms with Gasteiger partial charge in [0.25, 0.3) is 0 Å². The molecule has 3 nitrogen and oxygen atoms in total. The number of carbonyl (C=O) groups is 1. The van der Waals surface area contributed by atoms with E-state index >= 15 is 0 Å². The van der Waals surface area contributed by atoms with E-state index in [0.29, 0.717) is 31.9 Å². The van der Waals surface area contributed by atoms with Crippen LogP contribution in [0.15, 0.2) is 42.5 Å². The maximum absolute atomic E-state index is 10.6. The van der Waals surface area contributed by atoms with Crippen molar-refractivity contribution in [3.8, 4) is 5.75 Å². The summed E-state index contributed by atoms with van der Waals surface area (Å²) < 4.78 is 5.70. The Labute approximate surface area is 142 Å². The van der Waals surface area contributed by atoms with Crippen LogP contribution in [-0.2, 0) is 11.4 Å². The number of halogens is 3. The molecule has 0 aliphatic carbocycles. The van der Waals surface area contributed by atoms with Crippen LogP contribution in [-0.4, -0.2) is 11.1 Å². The largest absolute Gasteiger partial charge is 0.488 e. The molecule has 1 N–H and O–H groups in total. The molecule has 0 bridgehead atoms. The molecule has 6 heteroatoms. The normalized spacial score (nSPS) is 10.9. The molecule has 0 unspecified atom stereocenters. The van der Waals surface area contributed by atoms with Gasteiger partial charge in [-0.2, -0.15) is 0 Å². The SMILES string of the molecule is O=C(O)C=Cc1ccccc1OCc1c(Cl)ccc(Cl)c1Cl. The number of para-hydroxylation sites is 1. The van der Waals surface area contributed by atoms with Gasteiger partial charge < -0.3 is 9.84 Å². The van der Waals surface area contributed by atoms with Gasteiger partial charge in [0, 0.05) is 22.2 Å². The lowest BCUT2D eigenvalue weighted by Gasteiger charge is -2.12. The molecule has 0 radical (unpaired) electrons. The molecule has 22 heavy (non-hydrogen) atoms. The summed E-state index contributed by atoms with van der Waals surface area (Å²) >= 11 is 18.2. The van der Waals surface area contributed by atoms with Crippen molar-refractivity contribution in [2.45, 2.75) is 6.61 Å². The number of rotatable bonds is 5. The van der Waals surface area contributed by atoms with Crippen LogP contribution in [0.4, 0.5) is 0 Å². The van der Waals surface area contributed by atoms with Crippen molar-refractivity contribution < 1.29 is 14.6 Å². The van der Waals surface area contributed by atoms with Gasteiger partial charge in [0.05, 0.1) is 10.0 Å². The first-order valence-corrected chi connectivity index (χ1v) is 7.37. The molecule has 0 fully saturated rings. The van der Waals surface area contributed by atoms with Crippen LogP contribution in [0.2, 0.25) is 15.1 Å². The maximum atomic E-state index is 10.6. The van der Waals surface area contributed by atoms with Gasteiger partial charge in [-0.15, -0.1) is 0 Å². The highest BCUT2D eigenvalue weighted by atomic mass is 35.5. The van der Waals surface area contributed by atoms with Gasteiger partial charge in [0.2, 0.25) is 0 Å². The van der Waals surface area contributed by atoms with E-state index in [4.69, 9.17) is 44.6 Å². The number of hydrogen-bond donors (Lipinski definition) is 1. The second-order valence-corrected chi connectivity index (χ2v) is 5.51. The van der Waals surface area contributed by atoms with Gasteiger partial charge in [-0.05, 0) is 24.3 Å². The molecule has 0 spiro atoms. The standard InChI is InChI=1S/C16H11Cl3O3/c17-12-6-7-13(18)16(19)11(12)9-22-14-4-2-1-3-10(14)5-8-15(20)21/h1-8H,9H2,(H,20,21). The molecule has 0 aromatic heterocycles. The summed E-state index contributed by atoms with van der Waals surface area (Å²) in [6.45, 7) is 0.121. The highest BCUT2D eigenvalue weighted by molar-refractivity contribution is 6.44. The summed E-state index contributed by atoms with van der Waals surface area (Å²) in [5, 5.41) is 9.88. The molecule has 0 atom stereocenters. The molecular weight excluding hydrogens is 347 g/mol. The smallest absolute Gasteiger partial charge is 0.328 e. The second kappa shape index (κ2) is 7.54. The van der Waals surface area contributed by atoms with Crippen LogP contribution in [0.25, 0.3) is 6.08 Å². The zero-order chi connectivity index (χ0) is 16.1. The van der Waals surface area contributed by atoms with E-state index in [1.165, 1.54) is 6.08 Å². The van der Waals surface area contributed by atoms with E-state index in [0.717, 1.165) is 6.08 Å². The third-order valence-electron chi connectivity index (χ3n) is 2.84. The van der Waals surface area contributed by atoms with Crippen LogP contribution in [0.1, 0.15) is 11.1 Å². The zero-order valence-electron chi connectivity index (χ0n) is 11.2. The average molecular weight is 358 g/mol. The minimum absolute atomic E-state index is 0.121. The average Bonchev–Trinajstić information content (AvgIpc) is 2.50. The van der Waals surface area contributed by atoms with Crippen molar-refractivity contribution in [1.82, 2.24) is 0 Å². The molecule has 2 aromatic rings. The first-order chi connectivity index (χ1) is 10.5. The van der Waals surface area contributed by atoms with Crippen molar-refractivity contribution in [3.63, 3.8) is 0 Å². The predicted molar refractivity (Wildman–Crippen MR) is 88.9 cm³/mol. The fourth-order valence-corrected chi connectivity index (χ4v) is 2.42. The molecule has 0 aliphatic rings. The lowest BCUT2D eigenvalue weighted by Crippen LogP contribution is -1.99. The Balaban J connectivity index is 2.23. The fraction of sp³-hybridized carbons (Fsp3) is 0.0625. The van der Waals surface area contributed by atoms with Gasteiger partial charge in [-0.25, -0.2) is 4.79 Å². The minimum Gasteiger partial charge on any atom is -0.488 e. The van der Waals surface area contributed by atoms with Crippen LogP contribution in [0, 0.1) is 0 Å².